The number of aromatic nitrogens is 1. The maximum atomic E-state index is 4.18. The SMILES string of the molecule is C[CH]c1cc(CCC)ccn1. The maximum absolute atomic E-state index is 4.18. The molecule has 0 bridgehead atoms. The van der Waals surface area contributed by atoms with Crippen molar-refractivity contribution in [2.45, 2.75) is 26.7 Å². The number of aryl methyl sites for hydroxylation is 1. The molecule has 59 valence electrons. The van der Waals surface area contributed by atoms with Crippen molar-refractivity contribution in [2.75, 3.05) is 0 Å². The van der Waals surface area contributed by atoms with Gasteiger partial charge in [-0.3, -0.25) is 4.98 Å². The molecule has 0 aliphatic carbocycles. The van der Waals surface area contributed by atoms with Crippen molar-refractivity contribution in [1.82, 2.24) is 4.98 Å². The molecule has 0 aromatic carbocycles. The fourth-order valence-corrected chi connectivity index (χ4v) is 1.10. The summed E-state index contributed by atoms with van der Waals surface area (Å²) in [6.45, 7) is 4.20. The highest BCUT2D eigenvalue weighted by Crippen LogP contribution is 2.05. The number of hydrogen-bond donors (Lipinski definition) is 0. The monoisotopic (exact) mass is 148 g/mol. The van der Waals surface area contributed by atoms with E-state index in [0.717, 1.165) is 12.1 Å². The van der Waals surface area contributed by atoms with Crippen LogP contribution in [-0.2, 0) is 6.42 Å². The summed E-state index contributed by atoms with van der Waals surface area (Å²) < 4.78 is 0. The largest absolute Gasteiger partial charge is 0.261 e. The van der Waals surface area contributed by atoms with Gasteiger partial charge in [0.2, 0.25) is 0 Å². The molecule has 0 saturated carbocycles. The van der Waals surface area contributed by atoms with E-state index in [4.69, 9.17) is 0 Å². The fraction of sp³-hybridized carbons (Fsp3) is 0.400. The Balaban J connectivity index is 2.74. The summed E-state index contributed by atoms with van der Waals surface area (Å²) in [4.78, 5) is 4.18. The molecule has 0 saturated heterocycles. The average molecular weight is 148 g/mol. The van der Waals surface area contributed by atoms with Crippen LogP contribution in [0.1, 0.15) is 31.5 Å². The third kappa shape index (κ3) is 2.34. The van der Waals surface area contributed by atoms with Crippen LogP contribution < -0.4 is 0 Å². The Bertz CT molecular complexity index is 218. The Hall–Kier alpha value is -0.850. The van der Waals surface area contributed by atoms with Crippen LogP contribution in [0.5, 0.6) is 0 Å². The van der Waals surface area contributed by atoms with Gasteiger partial charge in [-0.1, -0.05) is 20.3 Å². The van der Waals surface area contributed by atoms with Gasteiger partial charge in [0.25, 0.3) is 0 Å². The highest BCUT2D eigenvalue weighted by Gasteiger charge is 1.93. The molecule has 0 N–H and O–H groups in total. The van der Waals surface area contributed by atoms with Gasteiger partial charge >= 0.3 is 0 Å². The van der Waals surface area contributed by atoms with E-state index in [0.29, 0.717) is 0 Å². The number of rotatable bonds is 3. The van der Waals surface area contributed by atoms with E-state index < -0.39 is 0 Å². The number of nitrogens with zero attached hydrogens (tertiary/aromatic N) is 1. The van der Waals surface area contributed by atoms with Crippen molar-refractivity contribution < 1.29 is 0 Å². The Morgan fingerprint density at radius 3 is 3.00 bits per heavy atom. The second-order valence-electron chi connectivity index (χ2n) is 2.63. The predicted molar refractivity (Wildman–Crippen MR) is 47.3 cm³/mol. The first kappa shape index (κ1) is 8.25. The maximum Gasteiger partial charge on any atom is 0.0441 e. The van der Waals surface area contributed by atoms with Gasteiger partial charge in [-0.2, -0.15) is 0 Å². The molecule has 0 atom stereocenters. The molecular formula is C10H14N. The van der Waals surface area contributed by atoms with Crippen LogP contribution >= 0.6 is 0 Å². The van der Waals surface area contributed by atoms with Gasteiger partial charge in [-0.15, -0.1) is 0 Å². The molecule has 1 aromatic heterocycles. The molecular weight excluding hydrogens is 134 g/mol. The third-order valence-electron chi connectivity index (χ3n) is 1.68. The summed E-state index contributed by atoms with van der Waals surface area (Å²) in [5.74, 6) is 0. The normalized spacial score (nSPS) is 10.0. The zero-order valence-corrected chi connectivity index (χ0v) is 7.17. The lowest BCUT2D eigenvalue weighted by Crippen LogP contribution is -1.88. The standard InChI is InChI=1S/C10H14N/c1-3-5-9-6-7-11-10(4-2)8-9/h4,6-8H,3,5H2,1-2H3. The molecule has 1 aromatic rings. The molecule has 1 radical (unpaired) electrons. The predicted octanol–water partition coefficient (Wildman–Crippen LogP) is 2.61. The lowest BCUT2D eigenvalue weighted by atomic mass is 10.1. The van der Waals surface area contributed by atoms with Crippen molar-refractivity contribution in [3.63, 3.8) is 0 Å². The van der Waals surface area contributed by atoms with E-state index in [9.17, 15) is 0 Å². The van der Waals surface area contributed by atoms with E-state index in [1.54, 1.807) is 0 Å². The summed E-state index contributed by atoms with van der Waals surface area (Å²) in [5.41, 5.74) is 2.46. The molecule has 1 rings (SSSR count). The third-order valence-corrected chi connectivity index (χ3v) is 1.68. The molecule has 0 aliphatic heterocycles. The minimum absolute atomic E-state index is 1.08. The Morgan fingerprint density at radius 1 is 1.55 bits per heavy atom. The zero-order chi connectivity index (χ0) is 8.10. The van der Waals surface area contributed by atoms with E-state index in [2.05, 4.69) is 24.0 Å². The minimum Gasteiger partial charge on any atom is -0.261 e. The van der Waals surface area contributed by atoms with Crippen LogP contribution in [0.4, 0.5) is 0 Å². The van der Waals surface area contributed by atoms with Crippen LogP contribution in [-0.4, -0.2) is 4.98 Å². The van der Waals surface area contributed by atoms with Crippen molar-refractivity contribution >= 4 is 0 Å². The lowest BCUT2D eigenvalue weighted by molar-refractivity contribution is 0.915. The average Bonchev–Trinajstić information content (AvgIpc) is 2.06. The molecule has 0 spiro atoms. The summed E-state index contributed by atoms with van der Waals surface area (Å²) in [7, 11) is 0. The molecule has 1 heterocycles. The van der Waals surface area contributed by atoms with Gasteiger partial charge in [0.05, 0.1) is 0 Å². The first-order chi connectivity index (χ1) is 5.36. The Morgan fingerprint density at radius 2 is 2.36 bits per heavy atom. The molecule has 0 amide bonds. The first-order valence-electron chi connectivity index (χ1n) is 4.11. The topological polar surface area (TPSA) is 12.9 Å². The van der Waals surface area contributed by atoms with Gasteiger partial charge in [-0.25, -0.2) is 0 Å². The van der Waals surface area contributed by atoms with Gasteiger partial charge < -0.3 is 0 Å². The summed E-state index contributed by atoms with van der Waals surface area (Å²) in [5, 5.41) is 0. The van der Waals surface area contributed by atoms with Crippen molar-refractivity contribution in [2.24, 2.45) is 0 Å². The Kier molecular flexibility index (Phi) is 3.09. The van der Waals surface area contributed by atoms with Crippen molar-refractivity contribution in [3.8, 4) is 0 Å². The highest BCUT2D eigenvalue weighted by molar-refractivity contribution is 5.20. The molecule has 11 heavy (non-hydrogen) atoms. The van der Waals surface area contributed by atoms with Gasteiger partial charge in [0.1, 0.15) is 0 Å². The molecule has 1 heteroatoms. The van der Waals surface area contributed by atoms with Crippen LogP contribution in [0.15, 0.2) is 18.3 Å². The zero-order valence-electron chi connectivity index (χ0n) is 7.17. The molecule has 0 unspecified atom stereocenters. The van der Waals surface area contributed by atoms with Crippen LogP contribution in [0.25, 0.3) is 0 Å². The smallest absolute Gasteiger partial charge is 0.0441 e. The van der Waals surface area contributed by atoms with Crippen molar-refractivity contribution in [3.05, 3.63) is 36.0 Å². The van der Waals surface area contributed by atoms with Gasteiger partial charge in [0.15, 0.2) is 0 Å². The van der Waals surface area contributed by atoms with E-state index in [1.807, 2.05) is 19.5 Å². The molecule has 1 nitrogen and oxygen atoms in total. The minimum atomic E-state index is 1.08. The highest BCUT2D eigenvalue weighted by atomic mass is 14.7. The van der Waals surface area contributed by atoms with Gasteiger partial charge in [-0.05, 0) is 24.1 Å². The van der Waals surface area contributed by atoms with E-state index in [-0.39, 0.29) is 0 Å². The second-order valence-corrected chi connectivity index (χ2v) is 2.63. The van der Waals surface area contributed by atoms with Crippen LogP contribution in [0.2, 0.25) is 0 Å². The van der Waals surface area contributed by atoms with E-state index in [1.165, 1.54) is 12.0 Å². The molecule has 0 aliphatic rings. The number of hydrogen-bond acceptors (Lipinski definition) is 1. The quantitative estimate of drug-likeness (QED) is 0.642. The van der Waals surface area contributed by atoms with Gasteiger partial charge in [0, 0.05) is 18.3 Å². The fourth-order valence-electron chi connectivity index (χ4n) is 1.10. The first-order valence-corrected chi connectivity index (χ1v) is 4.11. The second kappa shape index (κ2) is 4.12. The van der Waals surface area contributed by atoms with E-state index >= 15 is 0 Å². The summed E-state index contributed by atoms with van der Waals surface area (Å²) in [6, 6.07) is 4.22. The molecule has 0 fully saturated rings. The summed E-state index contributed by atoms with van der Waals surface area (Å²) in [6.07, 6.45) is 6.26. The summed E-state index contributed by atoms with van der Waals surface area (Å²) >= 11 is 0. The lowest BCUT2D eigenvalue weighted by Gasteiger charge is -1.99. The Labute approximate surface area is 68.5 Å². The van der Waals surface area contributed by atoms with Crippen molar-refractivity contribution in [1.29, 1.82) is 0 Å². The van der Waals surface area contributed by atoms with Crippen LogP contribution in [0, 0.1) is 6.42 Å². The number of pyridine rings is 1. The van der Waals surface area contributed by atoms with Crippen LogP contribution in [0.3, 0.4) is 0 Å².